The third-order valence-corrected chi connectivity index (χ3v) is 2.93. The Bertz CT molecular complexity index is 684. The monoisotopic (exact) mass is 418 g/mol. The van der Waals surface area contributed by atoms with Gasteiger partial charge in [-0.05, 0) is 38.1 Å². The van der Waals surface area contributed by atoms with E-state index >= 15 is 0 Å². The van der Waals surface area contributed by atoms with Gasteiger partial charge < -0.3 is 10.6 Å². The van der Waals surface area contributed by atoms with Gasteiger partial charge in [0.2, 0.25) is 11.8 Å². The van der Waals surface area contributed by atoms with Gasteiger partial charge in [-0.1, -0.05) is 36.4 Å². The Morgan fingerprint density at radius 3 is 1.19 bits per heavy atom. The summed E-state index contributed by atoms with van der Waals surface area (Å²) in [6, 6.07) is 18.1. The van der Waals surface area contributed by atoms with E-state index in [0.29, 0.717) is 11.4 Å². The maximum absolute atomic E-state index is 11.1. The second-order valence-corrected chi connectivity index (χ2v) is 5.59. The van der Waals surface area contributed by atoms with Crippen LogP contribution in [0.3, 0.4) is 0 Å². The summed E-state index contributed by atoms with van der Waals surface area (Å²) in [7, 11) is 0. The van der Waals surface area contributed by atoms with Crippen LogP contribution in [-0.2, 0) is 38.7 Å². The van der Waals surface area contributed by atoms with Crippen molar-refractivity contribution >= 4 is 34.8 Å². The van der Waals surface area contributed by atoms with E-state index in [1.165, 1.54) is 13.8 Å². The number of amides is 2. The number of anilines is 2. The molecule has 2 N–H and O–H groups in total. The quantitative estimate of drug-likeness (QED) is 0.555. The average Bonchev–Trinajstić information content (AvgIpc) is 2.55. The van der Waals surface area contributed by atoms with Crippen LogP contribution in [0, 0.1) is 0 Å². The van der Waals surface area contributed by atoms with Crippen LogP contribution in [0.4, 0.5) is 11.4 Å². The first kappa shape index (κ1) is 24.3. The van der Waals surface area contributed by atoms with Crippen molar-refractivity contribution in [3.05, 3.63) is 60.7 Å². The number of ketones is 2. The molecular formula is C20H22N2O4Zn. The number of nitrogens with one attached hydrogen (secondary N) is 2. The Kier molecular flexibility index (Phi) is 12.2. The molecule has 6 nitrogen and oxygen atoms in total. The van der Waals surface area contributed by atoms with E-state index < -0.39 is 0 Å². The van der Waals surface area contributed by atoms with E-state index in [1.807, 2.05) is 36.4 Å². The molecule has 0 aliphatic heterocycles. The fourth-order valence-corrected chi connectivity index (χ4v) is 1.91. The second kappa shape index (κ2) is 13.5. The molecule has 0 fully saturated rings. The molecule has 0 saturated carbocycles. The van der Waals surface area contributed by atoms with Crippen LogP contribution < -0.4 is 10.6 Å². The third-order valence-electron chi connectivity index (χ3n) is 2.93. The summed E-state index contributed by atoms with van der Waals surface area (Å²) < 4.78 is 0. The van der Waals surface area contributed by atoms with Crippen molar-refractivity contribution in [1.82, 2.24) is 0 Å². The molecule has 0 aliphatic rings. The van der Waals surface area contributed by atoms with Crippen LogP contribution in [0.15, 0.2) is 60.7 Å². The van der Waals surface area contributed by atoms with Crippen molar-refractivity contribution < 1.29 is 38.7 Å². The molecule has 2 rings (SSSR count). The number of carbonyl (C=O) groups is 4. The van der Waals surface area contributed by atoms with E-state index in [0.717, 1.165) is 0 Å². The SMILES string of the molecule is CC(=O)CC(=O)Nc1ccccc1.CC(=O)CC(=O)Nc1ccccc1.[Zn]. The Morgan fingerprint density at radius 2 is 0.926 bits per heavy atom. The first-order valence-corrected chi connectivity index (χ1v) is 8.05. The minimum absolute atomic E-state index is 0. The number of para-hydroxylation sites is 2. The minimum Gasteiger partial charge on any atom is -0.326 e. The zero-order valence-corrected chi connectivity index (χ0v) is 18.5. The zero-order valence-electron chi connectivity index (χ0n) is 15.5. The third kappa shape index (κ3) is 12.4. The maximum atomic E-state index is 11.1. The molecule has 2 aromatic carbocycles. The van der Waals surface area contributed by atoms with Crippen LogP contribution in [0.25, 0.3) is 0 Å². The van der Waals surface area contributed by atoms with Gasteiger partial charge in [-0.25, -0.2) is 0 Å². The molecule has 0 unspecified atom stereocenters. The Labute approximate surface area is 171 Å². The Hall–Kier alpha value is -2.66. The summed E-state index contributed by atoms with van der Waals surface area (Å²) in [6.07, 6.45) is -0.121. The topological polar surface area (TPSA) is 92.3 Å². The van der Waals surface area contributed by atoms with Crippen LogP contribution in [-0.4, -0.2) is 23.4 Å². The molecule has 27 heavy (non-hydrogen) atoms. The van der Waals surface area contributed by atoms with Gasteiger partial charge in [0.05, 0.1) is 12.8 Å². The van der Waals surface area contributed by atoms with Crippen molar-refractivity contribution in [1.29, 1.82) is 0 Å². The zero-order chi connectivity index (χ0) is 19.4. The fraction of sp³-hybridized carbons (Fsp3) is 0.200. The van der Waals surface area contributed by atoms with E-state index in [4.69, 9.17) is 0 Å². The van der Waals surface area contributed by atoms with Gasteiger partial charge in [0.15, 0.2) is 0 Å². The second-order valence-electron chi connectivity index (χ2n) is 5.59. The molecule has 0 saturated heterocycles. The molecule has 0 bridgehead atoms. The van der Waals surface area contributed by atoms with Gasteiger partial charge in [0, 0.05) is 30.9 Å². The van der Waals surface area contributed by atoms with Crippen molar-refractivity contribution in [2.75, 3.05) is 10.6 Å². The van der Waals surface area contributed by atoms with Gasteiger partial charge in [-0.3, -0.25) is 19.2 Å². The molecule has 7 heteroatoms. The molecule has 0 aliphatic carbocycles. The number of carbonyl (C=O) groups excluding carboxylic acids is 4. The van der Waals surface area contributed by atoms with Gasteiger partial charge in [0.1, 0.15) is 11.6 Å². The minimum atomic E-state index is -0.265. The maximum Gasteiger partial charge on any atom is 0.231 e. The summed E-state index contributed by atoms with van der Waals surface area (Å²) in [5.74, 6) is -0.792. The predicted molar refractivity (Wildman–Crippen MR) is 101 cm³/mol. The molecule has 0 aromatic heterocycles. The number of hydrogen-bond donors (Lipinski definition) is 2. The van der Waals surface area contributed by atoms with Crippen molar-refractivity contribution in [2.24, 2.45) is 0 Å². The Morgan fingerprint density at radius 1 is 0.630 bits per heavy atom. The first-order chi connectivity index (χ1) is 12.4. The van der Waals surface area contributed by atoms with Gasteiger partial charge in [-0.2, -0.15) is 0 Å². The van der Waals surface area contributed by atoms with Crippen LogP contribution in [0.1, 0.15) is 26.7 Å². The van der Waals surface area contributed by atoms with Crippen molar-refractivity contribution in [2.45, 2.75) is 26.7 Å². The van der Waals surface area contributed by atoms with Gasteiger partial charge >= 0.3 is 0 Å². The molecule has 2 aromatic rings. The summed E-state index contributed by atoms with van der Waals surface area (Å²) in [5.41, 5.74) is 1.43. The van der Waals surface area contributed by atoms with E-state index in [-0.39, 0.29) is 55.7 Å². The molecular weight excluding hydrogens is 398 g/mol. The van der Waals surface area contributed by atoms with E-state index in [9.17, 15) is 19.2 Å². The van der Waals surface area contributed by atoms with Crippen LogP contribution in [0.5, 0.6) is 0 Å². The van der Waals surface area contributed by atoms with Crippen LogP contribution >= 0.6 is 0 Å². The fourth-order valence-electron chi connectivity index (χ4n) is 1.91. The number of Topliss-reactive ketones (excluding diaryl/α,β-unsaturated/α-hetero) is 2. The smallest absolute Gasteiger partial charge is 0.231 e. The average molecular weight is 420 g/mol. The number of hydrogen-bond acceptors (Lipinski definition) is 4. The standard InChI is InChI=1S/2C10H11NO2.Zn/c2*1-8(12)7-10(13)11-9-5-3-2-4-6-9;/h2*2-6H,7H2,1H3,(H,11,13);. The van der Waals surface area contributed by atoms with Crippen molar-refractivity contribution in [3.63, 3.8) is 0 Å². The van der Waals surface area contributed by atoms with Gasteiger partial charge in [-0.15, -0.1) is 0 Å². The van der Waals surface area contributed by atoms with E-state index in [2.05, 4.69) is 10.6 Å². The summed E-state index contributed by atoms with van der Waals surface area (Å²) in [4.78, 5) is 43.3. The molecule has 2 amide bonds. The molecule has 138 valence electrons. The Balaban J connectivity index is 0.000000483. The van der Waals surface area contributed by atoms with Crippen molar-refractivity contribution in [3.8, 4) is 0 Å². The van der Waals surface area contributed by atoms with E-state index in [1.54, 1.807) is 24.3 Å². The molecule has 0 spiro atoms. The predicted octanol–water partition coefficient (Wildman–Crippen LogP) is 3.21. The number of benzene rings is 2. The summed E-state index contributed by atoms with van der Waals surface area (Å²) in [6.45, 7) is 2.79. The molecule has 0 atom stereocenters. The largest absolute Gasteiger partial charge is 0.326 e. The first-order valence-electron chi connectivity index (χ1n) is 8.05. The molecule has 0 radical (unpaired) electrons. The normalized spacial score (nSPS) is 8.96. The van der Waals surface area contributed by atoms with Gasteiger partial charge in [0.25, 0.3) is 0 Å². The summed E-state index contributed by atoms with van der Waals surface area (Å²) in [5, 5.41) is 5.23. The summed E-state index contributed by atoms with van der Waals surface area (Å²) >= 11 is 0. The van der Waals surface area contributed by atoms with Crippen LogP contribution in [0.2, 0.25) is 0 Å². The number of rotatable bonds is 6. The molecule has 0 heterocycles.